The number of anilines is 1. The summed E-state index contributed by atoms with van der Waals surface area (Å²) >= 11 is 0. The van der Waals surface area contributed by atoms with Crippen molar-refractivity contribution in [3.8, 4) is 0 Å². The first-order chi connectivity index (χ1) is 12.2. The van der Waals surface area contributed by atoms with Gasteiger partial charge in [-0.2, -0.15) is 0 Å². The minimum atomic E-state index is -0.590. The molecular weight excluding hydrogens is 314 g/mol. The number of fused-ring (bicyclic) bond motifs is 3. The first kappa shape index (κ1) is 14.3. The van der Waals surface area contributed by atoms with Crippen LogP contribution < -0.4 is 4.90 Å². The molecule has 4 heteroatoms. The molecule has 2 aromatic rings. The summed E-state index contributed by atoms with van der Waals surface area (Å²) in [4.78, 5) is 15.5. The van der Waals surface area contributed by atoms with E-state index in [1.165, 1.54) is 0 Å². The molecule has 1 N–H and O–H groups in total. The Bertz CT molecular complexity index is 906. The molecule has 25 heavy (non-hydrogen) atoms. The van der Waals surface area contributed by atoms with Crippen molar-refractivity contribution in [3.63, 3.8) is 0 Å². The molecule has 6 rings (SSSR count). The predicted molar refractivity (Wildman–Crippen MR) is 93.9 cm³/mol. The van der Waals surface area contributed by atoms with Gasteiger partial charge in [0.15, 0.2) is 5.72 Å². The maximum absolute atomic E-state index is 13.5. The smallest absolute Gasteiger partial charge is 0.233 e. The fourth-order valence-electron chi connectivity index (χ4n) is 6.49. The van der Waals surface area contributed by atoms with Gasteiger partial charge in [0.2, 0.25) is 5.91 Å². The quantitative estimate of drug-likeness (QED) is 0.918. The van der Waals surface area contributed by atoms with Crippen LogP contribution >= 0.6 is 0 Å². The van der Waals surface area contributed by atoms with Crippen LogP contribution in [0, 0.1) is 23.7 Å². The van der Waals surface area contributed by atoms with E-state index < -0.39 is 11.8 Å². The Hall–Kier alpha value is -1.91. The van der Waals surface area contributed by atoms with Gasteiger partial charge in [-0.05, 0) is 36.1 Å². The molecule has 4 nitrogen and oxygen atoms in total. The number of carbonyl (C=O) groups is 1. The van der Waals surface area contributed by atoms with Crippen LogP contribution in [0.15, 0.2) is 42.5 Å². The van der Waals surface area contributed by atoms with Crippen molar-refractivity contribution in [2.45, 2.75) is 37.7 Å². The van der Waals surface area contributed by atoms with Gasteiger partial charge >= 0.3 is 0 Å². The van der Waals surface area contributed by atoms with Crippen LogP contribution in [0.3, 0.4) is 0 Å². The Balaban J connectivity index is 1.59. The molecule has 2 saturated heterocycles. The van der Waals surface area contributed by atoms with E-state index in [2.05, 4.69) is 25.1 Å². The Labute approximate surface area is 146 Å². The van der Waals surface area contributed by atoms with E-state index in [1.54, 1.807) is 0 Å². The summed E-state index contributed by atoms with van der Waals surface area (Å²) < 4.78 is 6.52. The molecule has 0 unspecified atom stereocenters. The number of hydrogen-bond acceptors (Lipinski definition) is 3. The van der Waals surface area contributed by atoms with Gasteiger partial charge in [0, 0.05) is 11.3 Å². The number of nitrogens with zero attached hydrogens (tertiary/aromatic N) is 1. The predicted octanol–water partition coefficient (Wildman–Crippen LogP) is 2.93. The van der Waals surface area contributed by atoms with Gasteiger partial charge in [-0.3, -0.25) is 9.69 Å². The van der Waals surface area contributed by atoms with Gasteiger partial charge in [0.25, 0.3) is 0 Å². The molecule has 0 radical (unpaired) electrons. The monoisotopic (exact) mass is 335 g/mol. The maximum atomic E-state index is 13.5. The van der Waals surface area contributed by atoms with Gasteiger partial charge < -0.3 is 9.84 Å². The van der Waals surface area contributed by atoms with Gasteiger partial charge in [-0.15, -0.1) is 0 Å². The molecule has 2 aliphatic carbocycles. The molecule has 4 aliphatic rings. The molecule has 2 aromatic carbocycles. The first-order valence-corrected chi connectivity index (χ1v) is 9.35. The van der Waals surface area contributed by atoms with Crippen molar-refractivity contribution in [3.05, 3.63) is 42.5 Å². The highest BCUT2D eigenvalue weighted by atomic mass is 16.6. The third kappa shape index (κ3) is 1.43. The second-order valence-corrected chi connectivity index (χ2v) is 8.06. The largest absolute Gasteiger partial charge is 0.390 e. The van der Waals surface area contributed by atoms with Gasteiger partial charge in [-0.1, -0.05) is 43.3 Å². The van der Waals surface area contributed by atoms with Crippen LogP contribution in [-0.2, 0) is 9.53 Å². The maximum Gasteiger partial charge on any atom is 0.233 e. The van der Waals surface area contributed by atoms with E-state index in [0.717, 1.165) is 29.3 Å². The van der Waals surface area contributed by atoms with Crippen molar-refractivity contribution in [2.75, 3.05) is 4.90 Å². The highest BCUT2D eigenvalue weighted by Gasteiger charge is 2.78. The Morgan fingerprint density at radius 2 is 2.00 bits per heavy atom. The summed E-state index contributed by atoms with van der Waals surface area (Å²) in [5.41, 5.74) is 0.363. The summed E-state index contributed by atoms with van der Waals surface area (Å²) in [5, 5.41) is 12.8. The lowest BCUT2D eigenvalue weighted by Gasteiger charge is -2.39. The highest BCUT2D eigenvalue weighted by Crippen LogP contribution is 2.68. The molecule has 2 saturated carbocycles. The second-order valence-electron chi connectivity index (χ2n) is 8.06. The standard InChI is InChI=1S/C21H21NO3/c1-2-21-17-14-10-13(18(23)19(14)25-21)16(17)20(24)22(21)15-9-5-7-11-6-3-4-8-12(11)15/h3-9,13-14,16-19,23H,2,10H2,1H3/t13-,14-,16-,17+,18+,19-,21-/m0/s1. The fraction of sp³-hybridized carbons (Fsp3) is 0.476. The van der Waals surface area contributed by atoms with Crippen LogP contribution in [0.2, 0.25) is 0 Å². The summed E-state index contributed by atoms with van der Waals surface area (Å²) in [7, 11) is 0. The number of aliphatic hydroxyl groups is 1. The molecule has 2 heterocycles. The molecular formula is C21H21NO3. The Morgan fingerprint density at radius 3 is 2.84 bits per heavy atom. The minimum Gasteiger partial charge on any atom is -0.390 e. The first-order valence-electron chi connectivity index (χ1n) is 9.35. The fourth-order valence-corrected chi connectivity index (χ4v) is 6.49. The molecule has 2 bridgehead atoms. The average molecular weight is 335 g/mol. The summed E-state index contributed by atoms with van der Waals surface area (Å²) in [6.07, 6.45) is 1.13. The lowest BCUT2D eigenvalue weighted by atomic mass is 9.76. The van der Waals surface area contributed by atoms with Crippen LogP contribution in [0.4, 0.5) is 5.69 Å². The number of rotatable bonds is 2. The normalized spacial score (nSPS) is 43.6. The van der Waals surface area contributed by atoms with E-state index in [1.807, 2.05) is 29.2 Å². The molecule has 0 spiro atoms. The van der Waals surface area contributed by atoms with Gasteiger partial charge in [0.05, 0.1) is 23.8 Å². The summed E-state index contributed by atoms with van der Waals surface area (Å²) in [6, 6.07) is 14.3. The number of benzene rings is 2. The number of aliphatic hydroxyl groups excluding tert-OH is 1. The van der Waals surface area contributed by atoms with Crippen LogP contribution in [0.5, 0.6) is 0 Å². The van der Waals surface area contributed by atoms with E-state index >= 15 is 0 Å². The second kappa shape index (κ2) is 4.43. The third-order valence-corrected chi connectivity index (χ3v) is 7.31. The Kier molecular flexibility index (Phi) is 2.53. The van der Waals surface area contributed by atoms with Gasteiger partial charge in [-0.25, -0.2) is 0 Å². The lowest BCUT2D eigenvalue weighted by Crippen LogP contribution is -2.51. The zero-order chi connectivity index (χ0) is 16.9. The molecule has 128 valence electrons. The van der Waals surface area contributed by atoms with E-state index in [4.69, 9.17) is 4.74 Å². The van der Waals surface area contributed by atoms with Crippen molar-refractivity contribution in [1.82, 2.24) is 0 Å². The SMILES string of the molecule is CC[C@]12O[C@@H]3[C@H](O)[C@H]4C[C@H]3[C@@H]1[C@H]4C(=O)N2c1cccc2ccccc12. The zero-order valence-corrected chi connectivity index (χ0v) is 14.1. The number of amides is 1. The topological polar surface area (TPSA) is 49.8 Å². The minimum absolute atomic E-state index is 0.0703. The lowest BCUT2D eigenvalue weighted by molar-refractivity contribution is -0.132. The van der Waals surface area contributed by atoms with Crippen LogP contribution in [0.25, 0.3) is 10.8 Å². The number of ether oxygens (including phenoxy) is 1. The van der Waals surface area contributed by atoms with E-state index in [-0.39, 0.29) is 29.8 Å². The van der Waals surface area contributed by atoms with Crippen molar-refractivity contribution in [1.29, 1.82) is 0 Å². The number of carbonyl (C=O) groups excluding carboxylic acids is 1. The molecule has 1 amide bonds. The van der Waals surface area contributed by atoms with Gasteiger partial charge in [0.1, 0.15) is 0 Å². The molecule has 7 atom stereocenters. The summed E-state index contributed by atoms with van der Waals surface area (Å²) in [6.45, 7) is 2.11. The van der Waals surface area contributed by atoms with Crippen LogP contribution in [-0.4, -0.2) is 28.9 Å². The Morgan fingerprint density at radius 1 is 1.20 bits per heavy atom. The molecule has 2 aliphatic heterocycles. The molecule has 4 fully saturated rings. The van der Waals surface area contributed by atoms with E-state index in [0.29, 0.717) is 5.92 Å². The van der Waals surface area contributed by atoms with Crippen LogP contribution in [0.1, 0.15) is 19.8 Å². The summed E-state index contributed by atoms with van der Waals surface area (Å²) in [5.74, 6) is 0.683. The van der Waals surface area contributed by atoms with Crippen molar-refractivity contribution >= 4 is 22.4 Å². The van der Waals surface area contributed by atoms with Crippen molar-refractivity contribution in [2.24, 2.45) is 23.7 Å². The van der Waals surface area contributed by atoms with Crippen molar-refractivity contribution < 1.29 is 14.6 Å². The average Bonchev–Trinajstić information content (AvgIpc) is 3.30. The third-order valence-electron chi connectivity index (χ3n) is 7.31. The highest BCUT2D eigenvalue weighted by molar-refractivity contribution is 6.07. The molecule has 0 aromatic heterocycles. The number of hydrogen-bond donors (Lipinski definition) is 1. The van der Waals surface area contributed by atoms with E-state index in [9.17, 15) is 9.90 Å². The zero-order valence-electron chi connectivity index (χ0n) is 14.1.